The first kappa shape index (κ1) is 20.0. The van der Waals surface area contributed by atoms with Crippen molar-refractivity contribution in [3.8, 4) is 5.75 Å². The molecule has 0 amide bonds. The molecule has 1 aromatic heterocycles. The molecule has 3 rings (SSSR count). The highest BCUT2D eigenvalue weighted by Crippen LogP contribution is 2.31. The molecule has 0 radical (unpaired) electrons. The SMILES string of the molecule is Cc1nnc(CN=C(NCCC(F)(F)F)NC2CCOc3ccccc32)n1C. The number of aromatic nitrogens is 3. The van der Waals surface area contributed by atoms with E-state index in [1.807, 2.05) is 38.2 Å². The summed E-state index contributed by atoms with van der Waals surface area (Å²) in [4.78, 5) is 4.42. The summed E-state index contributed by atoms with van der Waals surface area (Å²) in [6.07, 6.45) is -4.49. The van der Waals surface area contributed by atoms with E-state index in [-0.39, 0.29) is 19.1 Å². The van der Waals surface area contributed by atoms with E-state index in [0.717, 1.165) is 17.1 Å². The summed E-state index contributed by atoms with van der Waals surface area (Å²) in [5, 5.41) is 14.0. The highest BCUT2D eigenvalue weighted by atomic mass is 19.4. The number of hydrogen-bond acceptors (Lipinski definition) is 4. The van der Waals surface area contributed by atoms with Crippen LogP contribution in [0.15, 0.2) is 29.3 Å². The zero-order valence-electron chi connectivity index (χ0n) is 15.8. The monoisotopic (exact) mass is 396 g/mol. The van der Waals surface area contributed by atoms with E-state index in [9.17, 15) is 13.2 Å². The van der Waals surface area contributed by atoms with Crippen LogP contribution in [0.25, 0.3) is 0 Å². The number of ether oxygens (including phenoxy) is 1. The maximum absolute atomic E-state index is 12.5. The normalized spacial score (nSPS) is 17.0. The molecule has 0 aliphatic carbocycles. The lowest BCUT2D eigenvalue weighted by Crippen LogP contribution is -2.42. The van der Waals surface area contributed by atoms with E-state index < -0.39 is 12.6 Å². The van der Waals surface area contributed by atoms with E-state index in [1.165, 1.54) is 0 Å². The van der Waals surface area contributed by atoms with Crippen molar-refractivity contribution < 1.29 is 17.9 Å². The largest absolute Gasteiger partial charge is 0.493 e. The van der Waals surface area contributed by atoms with E-state index in [0.29, 0.717) is 24.8 Å². The summed E-state index contributed by atoms with van der Waals surface area (Å²) < 4.78 is 45.0. The molecule has 2 heterocycles. The van der Waals surface area contributed by atoms with Crippen molar-refractivity contribution in [2.24, 2.45) is 12.0 Å². The van der Waals surface area contributed by atoms with Crippen molar-refractivity contribution in [3.05, 3.63) is 41.5 Å². The van der Waals surface area contributed by atoms with Gasteiger partial charge < -0.3 is 19.9 Å². The van der Waals surface area contributed by atoms with Crippen LogP contribution in [0.4, 0.5) is 13.2 Å². The Morgan fingerprint density at radius 2 is 2.11 bits per heavy atom. The van der Waals surface area contributed by atoms with E-state index >= 15 is 0 Å². The third-order valence-corrected chi connectivity index (χ3v) is 4.53. The van der Waals surface area contributed by atoms with Crippen LogP contribution in [0.2, 0.25) is 0 Å². The third-order valence-electron chi connectivity index (χ3n) is 4.53. The van der Waals surface area contributed by atoms with Gasteiger partial charge in [0.2, 0.25) is 0 Å². The first-order chi connectivity index (χ1) is 13.3. The van der Waals surface area contributed by atoms with Crippen molar-refractivity contribution in [2.75, 3.05) is 13.2 Å². The Hall–Kier alpha value is -2.78. The average molecular weight is 396 g/mol. The van der Waals surface area contributed by atoms with Gasteiger partial charge in [0.15, 0.2) is 11.8 Å². The summed E-state index contributed by atoms with van der Waals surface area (Å²) in [7, 11) is 1.82. The highest BCUT2D eigenvalue weighted by Gasteiger charge is 2.27. The Balaban J connectivity index is 1.74. The molecule has 0 fully saturated rings. The summed E-state index contributed by atoms with van der Waals surface area (Å²) >= 11 is 0. The van der Waals surface area contributed by atoms with Crippen LogP contribution in [0.5, 0.6) is 5.75 Å². The standard InChI is InChI=1S/C18H23F3N6O/c1-12-25-26-16(27(12)2)11-23-17(22-9-8-18(19,20)21)24-14-7-10-28-15-6-4-3-5-13(14)15/h3-6,14H,7-11H2,1-2H3,(H2,22,23,24). The van der Waals surface area contributed by atoms with Gasteiger partial charge in [-0.25, -0.2) is 4.99 Å². The Morgan fingerprint density at radius 1 is 1.32 bits per heavy atom. The number of guanidine groups is 1. The molecule has 7 nitrogen and oxygen atoms in total. The Labute approximate surface area is 161 Å². The predicted octanol–water partition coefficient (Wildman–Crippen LogP) is 2.63. The lowest BCUT2D eigenvalue weighted by molar-refractivity contribution is -0.132. The highest BCUT2D eigenvalue weighted by molar-refractivity contribution is 5.80. The zero-order valence-corrected chi connectivity index (χ0v) is 15.8. The molecule has 1 aliphatic heterocycles. The molecule has 0 saturated heterocycles. The maximum atomic E-state index is 12.5. The molecule has 1 aliphatic rings. The quantitative estimate of drug-likeness (QED) is 0.600. The molecule has 2 N–H and O–H groups in total. The third kappa shape index (κ3) is 5.14. The number of nitrogens with zero attached hydrogens (tertiary/aromatic N) is 4. The minimum Gasteiger partial charge on any atom is -0.493 e. The number of halogens is 3. The van der Waals surface area contributed by atoms with Crippen molar-refractivity contribution in [1.29, 1.82) is 0 Å². The number of nitrogens with one attached hydrogen (secondary N) is 2. The molecule has 0 saturated carbocycles. The summed E-state index contributed by atoms with van der Waals surface area (Å²) in [5.41, 5.74) is 0.952. The first-order valence-electron chi connectivity index (χ1n) is 9.01. The topological polar surface area (TPSA) is 76.4 Å². The van der Waals surface area contributed by atoms with Gasteiger partial charge in [0, 0.05) is 25.6 Å². The number of para-hydroxylation sites is 1. The lowest BCUT2D eigenvalue weighted by Gasteiger charge is -2.28. The fourth-order valence-corrected chi connectivity index (χ4v) is 2.87. The fraction of sp³-hybridized carbons (Fsp3) is 0.500. The number of benzene rings is 1. The molecule has 1 unspecified atom stereocenters. The van der Waals surface area contributed by atoms with Gasteiger partial charge in [-0.2, -0.15) is 13.2 Å². The van der Waals surface area contributed by atoms with Crippen LogP contribution in [-0.4, -0.2) is 40.1 Å². The summed E-state index contributed by atoms with van der Waals surface area (Å²) in [5.74, 6) is 2.43. The molecule has 1 aromatic carbocycles. The number of aliphatic imine (C=N–C) groups is 1. The fourth-order valence-electron chi connectivity index (χ4n) is 2.87. The molecule has 0 bridgehead atoms. The van der Waals surface area contributed by atoms with Gasteiger partial charge in [-0.05, 0) is 13.0 Å². The lowest BCUT2D eigenvalue weighted by atomic mass is 10.0. The molecule has 10 heteroatoms. The van der Waals surface area contributed by atoms with Gasteiger partial charge >= 0.3 is 6.18 Å². The molecule has 1 atom stereocenters. The van der Waals surface area contributed by atoms with Crippen molar-refractivity contribution >= 4 is 5.96 Å². The summed E-state index contributed by atoms with van der Waals surface area (Å²) in [6.45, 7) is 2.27. The van der Waals surface area contributed by atoms with Gasteiger partial charge in [-0.1, -0.05) is 18.2 Å². The van der Waals surface area contributed by atoms with Crippen LogP contribution in [-0.2, 0) is 13.6 Å². The van der Waals surface area contributed by atoms with Gasteiger partial charge in [-0.15, -0.1) is 10.2 Å². The summed E-state index contributed by atoms with van der Waals surface area (Å²) in [6, 6.07) is 7.49. The molecular weight excluding hydrogens is 373 g/mol. The van der Waals surface area contributed by atoms with Crippen LogP contribution in [0, 0.1) is 6.92 Å². The Kier molecular flexibility index (Phi) is 6.05. The van der Waals surface area contributed by atoms with Gasteiger partial charge in [-0.3, -0.25) is 0 Å². The van der Waals surface area contributed by atoms with Crippen LogP contribution < -0.4 is 15.4 Å². The second-order valence-corrected chi connectivity index (χ2v) is 6.55. The minimum absolute atomic E-state index is 0.108. The Morgan fingerprint density at radius 3 is 2.82 bits per heavy atom. The smallest absolute Gasteiger partial charge is 0.390 e. The second kappa shape index (κ2) is 8.49. The van der Waals surface area contributed by atoms with Gasteiger partial charge in [0.25, 0.3) is 0 Å². The van der Waals surface area contributed by atoms with Crippen LogP contribution >= 0.6 is 0 Å². The van der Waals surface area contributed by atoms with Crippen molar-refractivity contribution in [2.45, 2.75) is 38.5 Å². The molecule has 2 aromatic rings. The van der Waals surface area contributed by atoms with Crippen molar-refractivity contribution in [1.82, 2.24) is 25.4 Å². The Bertz CT molecular complexity index is 833. The van der Waals surface area contributed by atoms with E-state index in [1.54, 1.807) is 4.57 Å². The molecule has 28 heavy (non-hydrogen) atoms. The van der Waals surface area contributed by atoms with Crippen LogP contribution in [0.1, 0.15) is 36.1 Å². The van der Waals surface area contributed by atoms with Gasteiger partial charge in [0.1, 0.15) is 18.1 Å². The molecular formula is C18H23F3N6O. The van der Waals surface area contributed by atoms with Crippen molar-refractivity contribution in [3.63, 3.8) is 0 Å². The first-order valence-corrected chi connectivity index (χ1v) is 9.01. The minimum atomic E-state index is -4.23. The predicted molar refractivity (Wildman–Crippen MR) is 98.0 cm³/mol. The van der Waals surface area contributed by atoms with E-state index in [4.69, 9.17) is 4.74 Å². The number of alkyl halides is 3. The maximum Gasteiger partial charge on any atom is 0.390 e. The molecule has 152 valence electrons. The zero-order chi connectivity index (χ0) is 20.1. The number of aryl methyl sites for hydroxylation is 1. The average Bonchev–Trinajstić information content (AvgIpc) is 2.97. The molecule has 0 spiro atoms. The second-order valence-electron chi connectivity index (χ2n) is 6.55. The van der Waals surface area contributed by atoms with Crippen LogP contribution in [0.3, 0.4) is 0 Å². The van der Waals surface area contributed by atoms with E-state index in [2.05, 4.69) is 25.8 Å². The number of rotatable bonds is 5. The number of fused-ring (bicyclic) bond motifs is 1. The number of hydrogen-bond donors (Lipinski definition) is 2. The van der Waals surface area contributed by atoms with Gasteiger partial charge in [0.05, 0.1) is 19.1 Å².